The van der Waals surface area contributed by atoms with Crippen LogP contribution in [-0.4, -0.2) is 24.1 Å². The van der Waals surface area contributed by atoms with Gasteiger partial charge in [-0.25, -0.2) is 0 Å². The van der Waals surface area contributed by atoms with Crippen LogP contribution in [0.5, 0.6) is 0 Å². The van der Waals surface area contributed by atoms with E-state index in [9.17, 15) is 14.4 Å². The van der Waals surface area contributed by atoms with Crippen LogP contribution < -0.4 is 10.2 Å². The topological polar surface area (TPSA) is 66.5 Å². The van der Waals surface area contributed by atoms with E-state index in [1.165, 1.54) is 0 Å². The molecule has 0 saturated carbocycles. The highest BCUT2D eigenvalue weighted by molar-refractivity contribution is 6.04. The van der Waals surface area contributed by atoms with Crippen LogP contribution in [0.3, 0.4) is 0 Å². The molecule has 1 heterocycles. The molecule has 0 aliphatic carbocycles. The smallest absolute Gasteiger partial charge is 0.227 e. The van der Waals surface area contributed by atoms with Crippen LogP contribution >= 0.6 is 0 Å². The van der Waals surface area contributed by atoms with Gasteiger partial charge < -0.3 is 10.2 Å². The van der Waals surface area contributed by atoms with E-state index >= 15 is 0 Å². The van der Waals surface area contributed by atoms with Crippen molar-refractivity contribution in [3.63, 3.8) is 0 Å². The normalized spacial score (nSPS) is 13.7. The summed E-state index contributed by atoms with van der Waals surface area (Å²) in [6, 6.07) is 13.0. The molecule has 1 N–H and O–H groups in total. The first-order chi connectivity index (χ1) is 13.0. The average Bonchev–Trinajstić information content (AvgIpc) is 3.08. The molecule has 1 aliphatic heterocycles. The number of ketones is 1. The van der Waals surface area contributed by atoms with Crippen molar-refractivity contribution < 1.29 is 14.4 Å². The Labute approximate surface area is 159 Å². The fourth-order valence-electron chi connectivity index (χ4n) is 3.33. The number of rotatable bonds is 6. The first-order valence-electron chi connectivity index (χ1n) is 9.25. The molecule has 0 bridgehead atoms. The maximum Gasteiger partial charge on any atom is 0.227 e. The van der Waals surface area contributed by atoms with E-state index in [2.05, 4.69) is 5.32 Å². The molecule has 27 heavy (non-hydrogen) atoms. The second kappa shape index (κ2) is 8.16. The number of benzene rings is 2. The summed E-state index contributed by atoms with van der Waals surface area (Å²) in [7, 11) is 0. The van der Waals surface area contributed by atoms with Gasteiger partial charge in [0.15, 0.2) is 5.78 Å². The lowest BCUT2D eigenvalue weighted by molar-refractivity contribution is -0.117. The van der Waals surface area contributed by atoms with Crippen molar-refractivity contribution in [3.8, 4) is 0 Å². The number of Topliss-reactive ketones (excluding diaryl/α,β-unsaturated/α-hetero) is 1. The third-order valence-corrected chi connectivity index (χ3v) is 4.81. The molecule has 0 unspecified atom stereocenters. The first-order valence-corrected chi connectivity index (χ1v) is 9.25. The van der Waals surface area contributed by atoms with Crippen LogP contribution in [0.15, 0.2) is 42.5 Å². The molecule has 5 heteroatoms. The van der Waals surface area contributed by atoms with Gasteiger partial charge in [0, 0.05) is 31.4 Å². The number of nitrogens with zero attached hydrogens (tertiary/aromatic N) is 1. The maximum atomic E-state index is 12.5. The van der Waals surface area contributed by atoms with Gasteiger partial charge in [0.1, 0.15) is 0 Å². The van der Waals surface area contributed by atoms with E-state index in [1.54, 1.807) is 11.0 Å². The predicted molar refractivity (Wildman–Crippen MR) is 106 cm³/mol. The van der Waals surface area contributed by atoms with Gasteiger partial charge in [0.25, 0.3) is 0 Å². The van der Waals surface area contributed by atoms with Gasteiger partial charge in [-0.1, -0.05) is 29.8 Å². The summed E-state index contributed by atoms with van der Waals surface area (Å²) < 4.78 is 0. The zero-order chi connectivity index (χ0) is 19.4. The third kappa shape index (κ3) is 4.42. The summed E-state index contributed by atoms with van der Waals surface area (Å²) in [6.45, 7) is 4.51. The van der Waals surface area contributed by atoms with Crippen molar-refractivity contribution in [1.29, 1.82) is 0 Å². The fraction of sp³-hybridized carbons (Fsp3) is 0.318. The summed E-state index contributed by atoms with van der Waals surface area (Å²) >= 11 is 0. The number of amides is 2. The molecule has 2 aromatic rings. The third-order valence-electron chi connectivity index (χ3n) is 4.81. The van der Waals surface area contributed by atoms with Gasteiger partial charge in [-0.3, -0.25) is 14.4 Å². The maximum absolute atomic E-state index is 12.5. The second-order valence-corrected chi connectivity index (χ2v) is 6.96. The molecular formula is C22H24N2O3. The first kappa shape index (κ1) is 18.8. The van der Waals surface area contributed by atoms with E-state index in [1.807, 2.05) is 50.2 Å². The standard InChI is InChI=1S/C22H24N2O3/c1-15-9-10-16(2)17(14-15)20(25)11-12-21(26)23-18-6-3-4-7-19(18)24-13-5-8-22(24)27/h3-4,6-7,9-10,14H,5,8,11-13H2,1-2H3,(H,23,26). The number of para-hydroxylation sites is 2. The fourth-order valence-corrected chi connectivity index (χ4v) is 3.33. The van der Waals surface area contributed by atoms with Crippen LogP contribution in [0.2, 0.25) is 0 Å². The zero-order valence-corrected chi connectivity index (χ0v) is 15.7. The number of nitrogens with one attached hydrogen (secondary N) is 1. The lowest BCUT2D eigenvalue weighted by Crippen LogP contribution is -2.25. The van der Waals surface area contributed by atoms with Crippen molar-refractivity contribution >= 4 is 29.0 Å². The molecule has 1 fully saturated rings. The zero-order valence-electron chi connectivity index (χ0n) is 15.7. The highest BCUT2D eigenvalue weighted by Crippen LogP contribution is 2.29. The van der Waals surface area contributed by atoms with Crippen LogP contribution in [-0.2, 0) is 9.59 Å². The minimum absolute atomic E-state index is 0.0330. The molecule has 5 nitrogen and oxygen atoms in total. The summed E-state index contributed by atoms with van der Waals surface area (Å²) in [4.78, 5) is 38.6. The monoisotopic (exact) mass is 364 g/mol. The van der Waals surface area contributed by atoms with Crippen LogP contribution in [0.1, 0.15) is 47.2 Å². The molecule has 3 rings (SSSR count). The number of hydrogen-bond acceptors (Lipinski definition) is 3. The Balaban J connectivity index is 1.64. The molecule has 1 saturated heterocycles. The molecule has 0 radical (unpaired) electrons. The van der Waals surface area contributed by atoms with Crippen LogP contribution in [0.25, 0.3) is 0 Å². The number of carbonyl (C=O) groups excluding carboxylic acids is 3. The number of carbonyl (C=O) groups is 3. The second-order valence-electron chi connectivity index (χ2n) is 6.96. The Morgan fingerprint density at radius 1 is 1.07 bits per heavy atom. The average molecular weight is 364 g/mol. The highest BCUT2D eigenvalue weighted by Gasteiger charge is 2.24. The SMILES string of the molecule is Cc1ccc(C)c(C(=O)CCC(=O)Nc2ccccc2N2CCCC2=O)c1. The van der Waals surface area contributed by atoms with Gasteiger partial charge in [0.2, 0.25) is 11.8 Å². The van der Waals surface area contributed by atoms with Crippen molar-refractivity contribution in [2.45, 2.75) is 39.5 Å². The van der Waals surface area contributed by atoms with E-state index in [4.69, 9.17) is 0 Å². The summed E-state index contributed by atoms with van der Waals surface area (Å²) in [6.07, 6.45) is 1.62. The lowest BCUT2D eigenvalue weighted by atomic mass is 9.99. The molecule has 140 valence electrons. The number of hydrogen-bond donors (Lipinski definition) is 1. The van der Waals surface area contributed by atoms with E-state index < -0.39 is 0 Å². The van der Waals surface area contributed by atoms with Crippen molar-refractivity contribution in [1.82, 2.24) is 0 Å². The Hall–Kier alpha value is -2.95. The summed E-state index contributed by atoms with van der Waals surface area (Å²) in [5, 5.41) is 2.86. The quantitative estimate of drug-likeness (QED) is 0.787. The van der Waals surface area contributed by atoms with Crippen LogP contribution in [0.4, 0.5) is 11.4 Å². The predicted octanol–water partition coefficient (Wildman–Crippen LogP) is 4.03. The Morgan fingerprint density at radius 2 is 1.85 bits per heavy atom. The Morgan fingerprint density at radius 3 is 2.59 bits per heavy atom. The van der Waals surface area contributed by atoms with E-state index in [0.29, 0.717) is 29.9 Å². The summed E-state index contributed by atoms with van der Waals surface area (Å²) in [5.41, 5.74) is 3.94. The Bertz CT molecular complexity index is 889. The Kier molecular flexibility index (Phi) is 5.69. The van der Waals surface area contributed by atoms with Gasteiger partial charge in [-0.2, -0.15) is 0 Å². The largest absolute Gasteiger partial charge is 0.324 e. The minimum Gasteiger partial charge on any atom is -0.324 e. The number of aryl methyl sites for hydroxylation is 2. The van der Waals surface area contributed by atoms with Gasteiger partial charge in [-0.15, -0.1) is 0 Å². The molecule has 2 amide bonds. The molecule has 0 aromatic heterocycles. The van der Waals surface area contributed by atoms with E-state index in [0.717, 1.165) is 17.5 Å². The van der Waals surface area contributed by atoms with Crippen LogP contribution in [0, 0.1) is 13.8 Å². The lowest BCUT2D eigenvalue weighted by Gasteiger charge is -2.20. The molecular weight excluding hydrogens is 340 g/mol. The molecule has 2 aromatic carbocycles. The van der Waals surface area contributed by atoms with Crippen molar-refractivity contribution in [3.05, 3.63) is 59.2 Å². The highest BCUT2D eigenvalue weighted by atomic mass is 16.2. The number of anilines is 2. The summed E-state index contributed by atoms with van der Waals surface area (Å²) in [5.74, 6) is -0.191. The van der Waals surface area contributed by atoms with Crippen molar-refractivity contribution in [2.24, 2.45) is 0 Å². The van der Waals surface area contributed by atoms with Gasteiger partial charge >= 0.3 is 0 Å². The van der Waals surface area contributed by atoms with Crippen molar-refractivity contribution in [2.75, 3.05) is 16.8 Å². The van der Waals surface area contributed by atoms with Gasteiger partial charge in [-0.05, 0) is 44.0 Å². The van der Waals surface area contributed by atoms with E-state index in [-0.39, 0.29) is 30.4 Å². The molecule has 0 atom stereocenters. The molecule has 0 spiro atoms. The molecule has 1 aliphatic rings. The van der Waals surface area contributed by atoms with Gasteiger partial charge in [0.05, 0.1) is 11.4 Å². The minimum atomic E-state index is -0.229.